The van der Waals surface area contributed by atoms with Crippen molar-refractivity contribution in [2.75, 3.05) is 0 Å². The smallest absolute Gasteiger partial charge is 0.0641 e. The summed E-state index contributed by atoms with van der Waals surface area (Å²) in [6, 6.07) is 2.07. The lowest BCUT2D eigenvalue weighted by Gasteiger charge is -2.10. The van der Waals surface area contributed by atoms with E-state index < -0.39 is 0 Å². The molecular weight excluding hydrogens is 214 g/mol. The van der Waals surface area contributed by atoms with E-state index in [9.17, 15) is 0 Å². The number of hydrogen-bond donors (Lipinski definition) is 1. The molecule has 1 unspecified atom stereocenters. The first kappa shape index (κ1) is 11.9. The molecule has 0 spiro atoms. The third kappa shape index (κ3) is 2.55. The van der Waals surface area contributed by atoms with Gasteiger partial charge in [0.05, 0.1) is 5.69 Å². The standard InChI is InChI=1S/C12H19N5/c1-9-11(8-16(2)15-9)12(13)5-4-10-6-7-14-17(10)3/h6-8,12H,4-5,13H2,1-3H3. The average Bonchev–Trinajstić information content (AvgIpc) is 2.81. The van der Waals surface area contributed by atoms with Crippen LogP contribution in [-0.4, -0.2) is 19.6 Å². The molecule has 0 radical (unpaired) electrons. The molecule has 0 saturated carbocycles. The summed E-state index contributed by atoms with van der Waals surface area (Å²) in [4.78, 5) is 0. The molecule has 0 saturated heterocycles. The monoisotopic (exact) mass is 233 g/mol. The van der Waals surface area contributed by atoms with E-state index in [0.29, 0.717) is 0 Å². The second-order valence-electron chi connectivity index (χ2n) is 4.43. The van der Waals surface area contributed by atoms with Crippen molar-refractivity contribution in [2.45, 2.75) is 25.8 Å². The lowest BCUT2D eigenvalue weighted by atomic mass is 10.0. The van der Waals surface area contributed by atoms with Gasteiger partial charge >= 0.3 is 0 Å². The number of nitrogens with two attached hydrogens (primary N) is 1. The van der Waals surface area contributed by atoms with Gasteiger partial charge in [-0.25, -0.2) is 0 Å². The Hall–Kier alpha value is -1.62. The molecule has 5 nitrogen and oxygen atoms in total. The Morgan fingerprint density at radius 3 is 2.71 bits per heavy atom. The summed E-state index contributed by atoms with van der Waals surface area (Å²) in [6.45, 7) is 2.00. The molecule has 0 aliphatic carbocycles. The lowest BCUT2D eigenvalue weighted by molar-refractivity contribution is 0.611. The molecule has 92 valence electrons. The van der Waals surface area contributed by atoms with E-state index in [2.05, 4.69) is 10.2 Å². The van der Waals surface area contributed by atoms with Crippen molar-refractivity contribution in [1.29, 1.82) is 0 Å². The minimum absolute atomic E-state index is 0.0404. The van der Waals surface area contributed by atoms with Crippen LogP contribution in [0.4, 0.5) is 0 Å². The highest BCUT2D eigenvalue weighted by Crippen LogP contribution is 2.18. The molecule has 17 heavy (non-hydrogen) atoms. The van der Waals surface area contributed by atoms with Gasteiger partial charge < -0.3 is 5.73 Å². The van der Waals surface area contributed by atoms with E-state index in [1.54, 1.807) is 0 Å². The SMILES string of the molecule is Cc1nn(C)cc1C(N)CCc1ccnn1C. The first-order valence-corrected chi connectivity index (χ1v) is 5.80. The van der Waals surface area contributed by atoms with Gasteiger partial charge in [-0.05, 0) is 25.8 Å². The van der Waals surface area contributed by atoms with E-state index in [0.717, 1.165) is 24.1 Å². The lowest BCUT2D eigenvalue weighted by Crippen LogP contribution is -2.12. The number of rotatable bonds is 4. The normalized spacial score (nSPS) is 12.9. The molecule has 2 aromatic rings. The van der Waals surface area contributed by atoms with Crippen molar-refractivity contribution in [2.24, 2.45) is 19.8 Å². The molecule has 0 aromatic carbocycles. The first-order chi connectivity index (χ1) is 8.08. The van der Waals surface area contributed by atoms with Crippen LogP contribution < -0.4 is 5.73 Å². The second kappa shape index (κ2) is 4.71. The highest BCUT2D eigenvalue weighted by Gasteiger charge is 2.12. The molecule has 2 heterocycles. The minimum atomic E-state index is 0.0404. The Kier molecular flexibility index (Phi) is 3.28. The maximum absolute atomic E-state index is 6.19. The number of nitrogens with zero attached hydrogens (tertiary/aromatic N) is 4. The summed E-state index contributed by atoms with van der Waals surface area (Å²) in [5.41, 5.74) is 9.56. The molecule has 2 rings (SSSR count). The Bertz CT molecular complexity index is 497. The van der Waals surface area contributed by atoms with Crippen LogP contribution in [0, 0.1) is 6.92 Å². The quantitative estimate of drug-likeness (QED) is 0.860. The molecular formula is C12H19N5. The summed E-state index contributed by atoms with van der Waals surface area (Å²) < 4.78 is 3.71. The van der Waals surface area contributed by atoms with Crippen LogP contribution in [0.1, 0.15) is 29.4 Å². The predicted octanol–water partition coefficient (Wildman–Crippen LogP) is 1.09. The van der Waals surface area contributed by atoms with Gasteiger partial charge in [0, 0.05) is 43.8 Å². The van der Waals surface area contributed by atoms with E-state index in [4.69, 9.17) is 5.73 Å². The largest absolute Gasteiger partial charge is 0.324 e. The highest BCUT2D eigenvalue weighted by molar-refractivity contribution is 5.19. The fourth-order valence-corrected chi connectivity index (χ4v) is 2.09. The van der Waals surface area contributed by atoms with Gasteiger partial charge in [-0.1, -0.05) is 0 Å². The minimum Gasteiger partial charge on any atom is -0.324 e. The van der Waals surface area contributed by atoms with E-state index in [1.807, 2.05) is 48.8 Å². The highest BCUT2D eigenvalue weighted by atomic mass is 15.3. The van der Waals surface area contributed by atoms with Crippen LogP contribution in [0.25, 0.3) is 0 Å². The van der Waals surface area contributed by atoms with Gasteiger partial charge in [-0.2, -0.15) is 10.2 Å². The molecule has 5 heteroatoms. The van der Waals surface area contributed by atoms with Crippen LogP contribution >= 0.6 is 0 Å². The molecule has 1 atom stereocenters. The van der Waals surface area contributed by atoms with Gasteiger partial charge in [0.25, 0.3) is 0 Å². The third-order valence-electron chi connectivity index (χ3n) is 3.08. The van der Waals surface area contributed by atoms with Crippen LogP contribution in [0.15, 0.2) is 18.5 Å². The summed E-state index contributed by atoms with van der Waals surface area (Å²) >= 11 is 0. The van der Waals surface area contributed by atoms with Crippen molar-refractivity contribution >= 4 is 0 Å². The summed E-state index contributed by atoms with van der Waals surface area (Å²) in [6.07, 6.45) is 5.66. The zero-order valence-corrected chi connectivity index (χ0v) is 10.6. The molecule has 0 fully saturated rings. The second-order valence-corrected chi connectivity index (χ2v) is 4.43. The fourth-order valence-electron chi connectivity index (χ4n) is 2.09. The van der Waals surface area contributed by atoms with Crippen LogP contribution in [0.2, 0.25) is 0 Å². The summed E-state index contributed by atoms with van der Waals surface area (Å²) in [7, 11) is 3.88. The molecule has 2 aromatic heterocycles. The first-order valence-electron chi connectivity index (χ1n) is 5.80. The predicted molar refractivity (Wildman–Crippen MR) is 66.4 cm³/mol. The van der Waals surface area contributed by atoms with Crippen molar-refractivity contribution in [1.82, 2.24) is 19.6 Å². The maximum Gasteiger partial charge on any atom is 0.0641 e. The topological polar surface area (TPSA) is 61.7 Å². The zero-order valence-electron chi connectivity index (χ0n) is 10.6. The van der Waals surface area contributed by atoms with Crippen LogP contribution in [0.3, 0.4) is 0 Å². The number of hydrogen-bond acceptors (Lipinski definition) is 3. The van der Waals surface area contributed by atoms with E-state index in [-0.39, 0.29) is 6.04 Å². The van der Waals surface area contributed by atoms with E-state index >= 15 is 0 Å². The van der Waals surface area contributed by atoms with Crippen molar-refractivity contribution in [3.63, 3.8) is 0 Å². The molecule has 0 aliphatic heterocycles. The van der Waals surface area contributed by atoms with Crippen molar-refractivity contribution in [3.8, 4) is 0 Å². The van der Waals surface area contributed by atoms with Gasteiger partial charge in [-0.15, -0.1) is 0 Å². The average molecular weight is 233 g/mol. The molecule has 0 aliphatic rings. The van der Waals surface area contributed by atoms with Crippen molar-refractivity contribution in [3.05, 3.63) is 35.4 Å². The Labute approximate surface area is 101 Å². The van der Waals surface area contributed by atoms with Crippen LogP contribution in [0.5, 0.6) is 0 Å². The Morgan fingerprint density at radius 1 is 1.41 bits per heavy atom. The maximum atomic E-state index is 6.19. The van der Waals surface area contributed by atoms with Crippen LogP contribution in [-0.2, 0) is 20.5 Å². The van der Waals surface area contributed by atoms with Gasteiger partial charge in [0.2, 0.25) is 0 Å². The Morgan fingerprint density at radius 2 is 2.18 bits per heavy atom. The molecule has 0 amide bonds. The van der Waals surface area contributed by atoms with Gasteiger partial charge in [0.15, 0.2) is 0 Å². The molecule has 2 N–H and O–H groups in total. The number of aryl methyl sites for hydroxylation is 4. The van der Waals surface area contributed by atoms with Gasteiger partial charge in [-0.3, -0.25) is 9.36 Å². The molecule has 0 bridgehead atoms. The fraction of sp³-hybridized carbons (Fsp3) is 0.500. The van der Waals surface area contributed by atoms with E-state index in [1.165, 1.54) is 5.69 Å². The zero-order chi connectivity index (χ0) is 12.4. The number of aromatic nitrogens is 4. The Balaban J connectivity index is 2.00. The van der Waals surface area contributed by atoms with Crippen molar-refractivity contribution < 1.29 is 0 Å². The summed E-state index contributed by atoms with van der Waals surface area (Å²) in [5.74, 6) is 0. The van der Waals surface area contributed by atoms with Gasteiger partial charge in [0.1, 0.15) is 0 Å². The third-order valence-corrected chi connectivity index (χ3v) is 3.08. The summed E-state index contributed by atoms with van der Waals surface area (Å²) in [5, 5.41) is 8.46.